The maximum atomic E-state index is 12.5. The maximum Gasteiger partial charge on any atom is 0.359 e. The van der Waals surface area contributed by atoms with E-state index in [-0.39, 0.29) is 31.4 Å². The molecule has 2 aromatic rings. The van der Waals surface area contributed by atoms with Crippen LogP contribution in [0.4, 0.5) is 5.69 Å². The van der Waals surface area contributed by atoms with E-state index < -0.39 is 11.9 Å². The molecule has 0 radical (unpaired) electrons. The van der Waals surface area contributed by atoms with Gasteiger partial charge in [-0.05, 0) is 12.1 Å². The predicted molar refractivity (Wildman–Crippen MR) is 84.7 cm³/mol. The average molecular weight is 345 g/mol. The van der Waals surface area contributed by atoms with E-state index in [4.69, 9.17) is 18.9 Å². The Bertz CT molecular complexity index is 795. The number of anilines is 1. The van der Waals surface area contributed by atoms with Crippen LogP contribution < -0.4 is 14.8 Å². The third kappa shape index (κ3) is 3.83. The normalized spacial score (nSPS) is 11.9. The summed E-state index contributed by atoms with van der Waals surface area (Å²) in [6.45, 7) is 0.425. The van der Waals surface area contributed by atoms with E-state index in [9.17, 15) is 9.59 Å². The molecule has 0 atom stereocenters. The van der Waals surface area contributed by atoms with Crippen molar-refractivity contribution >= 4 is 17.6 Å². The molecule has 0 aliphatic carbocycles. The van der Waals surface area contributed by atoms with E-state index >= 15 is 0 Å². The van der Waals surface area contributed by atoms with Crippen LogP contribution in [0.15, 0.2) is 30.6 Å². The fourth-order valence-corrected chi connectivity index (χ4v) is 2.10. The van der Waals surface area contributed by atoms with Gasteiger partial charge in [0, 0.05) is 31.3 Å². The molecular weight excluding hydrogens is 330 g/mol. The minimum Gasteiger partial charge on any atom is -0.458 e. The number of nitrogens with zero attached hydrogens (tertiary/aromatic N) is 2. The molecule has 0 fully saturated rings. The first-order valence-corrected chi connectivity index (χ1v) is 7.37. The molecular formula is C16H15N3O6. The Labute approximate surface area is 142 Å². The van der Waals surface area contributed by atoms with Crippen LogP contribution in [0.3, 0.4) is 0 Å². The SMILES string of the molecule is COCCOC(=O)c1nccnc1C(=O)Nc1ccc2c(c1)OCO2. The minimum atomic E-state index is -0.749. The molecule has 25 heavy (non-hydrogen) atoms. The maximum absolute atomic E-state index is 12.5. The fourth-order valence-electron chi connectivity index (χ4n) is 2.10. The standard InChI is InChI=1S/C16H15N3O6/c1-22-6-7-23-16(21)14-13(17-4-5-18-14)15(20)19-10-2-3-11-12(8-10)25-9-24-11/h2-5,8H,6-7,9H2,1H3,(H,19,20). The molecule has 130 valence electrons. The lowest BCUT2D eigenvalue weighted by Crippen LogP contribution is -2.21. The molecule has 9 nitrogen and oxygen atoms in total. The van der Waals surface area contributed by atoms with E-state index in [0.717, 1.165) is 0 Å². The molecule has 1 N–H and O–H groups in total. The zero-order valence-electron chi connectivity index (χ0n) is 13.4. The van der Waals surface area contributed by atoms with Gasteiger partial charge < -0.3 is 24.3 Å². The largest absolute Gasteiger partial charge is 0.458 e. The van der Waals surface area contributed by atoms with Crippen molar-refractivity contribution in [2.75, 3.05) is 32.4 Å². The van der Waals surface area contributed by atoms with Gasteiger partial charge >= 0.3 is 5.97 Å². The number of rotatable bonds is 6. The Morgan fingerprint density at radius 2 is 1.88 bits per heavy atom. The zero-order chi connectivity index (χ0) is 17.6. The molecule has 0 unspecified atom stereocenters. The molecule has 9 heteroatoms. The lowest BCUT2D eigenvalue weighted by Gasteiger charge is -2.09. The van der Waals surface area contributed by atoms with E-state index in [0.29, 0.717) is 17.2 Å². The molecule has 1 amide bonds. The van der Waals surface area contributed by atoms with Gasteiger partial charge in [0.15, 0.2) is 22.9 Å². The molecule has 3 rings (SSSR count). The molecule has 1 aromatic carbocycles. The highest BCUT2D eigenvalue weighted by Crippen LogP contribution is 2.34. The van der Waals surface area contributed by atoms with Crippen molar-refractivity contribution in [1.82, 2.24) is 9.97 Å². The highest BCUT2D eigenvalue weighted by molar-refractivity contribution is 6.08. The number of esters is 1. The van der Waals surface area contributed by atoms with Crippen molar-refractivity contribution in [3.8, 4) is 11.5 Å². The van der Waals surface area contributed by atoms with Gasteiger partial charge in [-0.2, -0.15) is 0 Å². The fraction of sp³-hybridized carbons (Fsp3) is 0.250. The van der Waals surface area contributed by atoms with Crippen LogP contribution in [0, 0.1) is 0 Å². The summed E-state index contributed by atoms with van der Waals surface area (Å²) in [6, 6.07) is 4.94. The van der Waals surface area contributed by atoms with Crippen molar-refractivity contribution < 1.29 is 28.5 Å². The second-order valence-electron chi connectivity index (χ2n) is 4.90. The lowest BCUT2D eigenvalue weighted by molar-refractivity contribution is 0.0378. The Morgan fingerprint density at radius 1 is 1.12 bits per heavy atom. The molecule has 0 saturated heterocycles. The van der Waals surface area contributed by atoms with Crippen molar-refractivity contribution in [2.24, 2.45) is 0 Å². The number of hydrogen-bond acceptors (Lipinski definition) is 8. The third-order valence-corrected chi connectivity index (χ3v) is 3.26. The van der Waals surface area contributed by atoms with Gasteiger partial charge in [0.1, 0.15) is 6.61 Å². The van der Waals surface area contributed by atoms with Crippen molar-refractivity contribution in [3.63, 3.8) is 0 Å². The quantitative estimate of drug-likeness (QED) is 0.616. The predicted octanol–water partition coefficient (Wildman–Crippen LogP) is 1.26. The third-order valence-electron chi connectivity index (χ3n) is 3.26. The van der Waals surface area contributed by atoms with Gasteiger partial charge in [-0.3, -0.25) is 4.79 Å². The molecule has 0 bridgehead atoms. The van der Waals surface area contributed by atoms with Gasteiger partial charge in [-0.1, -0.05) is 0 Å². The first-order valence-electron chi connectivity index (χ1n) is 7.37. The van der Waals surface area contributed by atoms with Gasteiger partial charge in [-0.25, -0.2) is 14.8 Å². The van der Waals surface area contributed by atoms with Gasteiger partial charge in [0.2, 0.25) is 6.79 Å². The van der Waals surface area contributed by atoms with E-state index in [2.05, 4.69) is 15.3 Å². The van der Waals surface area contributed by atoms with Crippen molar-refractivity contribution in [1.29, 1.82) is 0 Å². The number of carbonyl (C=O) groups excluding carboxylic acids is 2. The van der Waals surface area contributed by atoms with Crippen LogP contribution in [0.5, 0.6) is 11.5 Å². The Kier molecular flexibility index (Phi) is 5.05. The molecule has 0 spiro atoms. The van der Waals surface area contributed by atoms with Crippen LogP contribution in [-0.2, 0) is 9.47 Å². The Balaban J connectivity index is 1.75. The molecule has 1 aliphatic rings. The first-order chi connectivity index (χ1) is 12.2. The summed E-state index contributed by atoms with van der Waals surface area (Å²) in [6.07, 6.45) is 2.63. The molecule has 0 saturated carbocycles. The summed E-state index contributed by atoms with van der Waals surface area (Å²) < 4.78 is 20.3. The second-order valence-corrected chi connectivity index (χ2v) is 4.90. The number of benzene rings is 1. The molecule has 1 aromatic heterocycles. The van der Waals surface area contributed by atoms with E-state index in [1.165, 1.54) is 19.5 Å². The topological polar surface area (TPSA) is 109 Å². The first kappa shape index (κ1) is 16.7. The number of amides is 1. The van der Waals surface area contributed by atoms with Crippen LogP contribution in [0.25, 0.3) is 0 Å². The van der Waals surface area contributed by atoms with Crippen LogP contribution in [-0.4, -0.2) is 49.0 Å². The Morgan fingerprint density at radius 3 is 2.68 bits per heavy atom. The number of carbonyl (C=O) groups is 2. The summed E-state index contributed by atoms with van der Waals surface area (Å²) >= 11 is 0. The van der Waals surface area contributed by atoms with Crippen LogP contribution in [0.2, 0.25) is 0 Å². The van der Waals surface area contributed by atoms with E-state index in [1.807, 2.05) is 0 Å². The monoisotopic (exact) mass is 345 g/mol. The summed E-state index contributed by atoms with van der Waals surface area (Å²) in [5.74, 6) is -0.220. The number of ether oxygens (including phenoxy) is 4. The van der Waals surface area contributed by atoms with Crippen LogP contribution in [0.1, 0.15) is 21.0 Å². The van der Waals surface area contributed by atoms with Crippen molar-refractivity contribution in [2.45, 2.75) is 0 Å². The number of hydrogen-bond donors (Lipinski definition) is 1. The lowest BCUT2D eigenvalue weighted by atomic mass is 10.2. The van der Waals surface area contributed by atoms with Crippen molar-refractivity contribution in [3.05, 3.63) is 42.0 Å². The molecule has 1 aliphatic heterocycles. The summed E-state index contributed by atoms with van der Waals surface area (Å²) in [5.41, 5.74) is 0.165. The number of methoxy groups -OCH3 is 1. The van der Waals surface area contributed by atoms with E-state index in [1.54, 1.807) is 18.2 Å². The number of nitrogens with one attached hydrogen (secondary N) is 1. The highest BCUT2D eigenvalue weighted by Gasteiger charge is 2.22. The average Bonchev–Trinajstić information content (AvgIpc) is 3.09. The highest BCUT2D eigenvalue weighted by atomic mass is 16.7. The van der Waals surface area contributed by atoms with Gasteiger partial charge in [0.05, 0.1) is 6.61 Å². The van der Waals surface area contributed by atoms with Crippen LogP contribution >= 0.6 is 0 Å². The number of fused-ring (bicyclic) bond motifs is 1. The van der Waals surface area contributed by atoms with Gasteiger partial charge in [-0.15, -0.1) is 0 Å². The smallest absolute Gasteiger partial charge is 0.359 e. The Hall–Kier alpha value is -3.20. The number of aromatic nitrogens is 2. The summed E-state index contributed by atoms with van der Waals surface area (Å²) in [5, 5.41) is 2.64. The zero-order valence-corrected chi connectivity index (χ0v) is 13.4. The second kappa shape index (κ2) is 7.58. The minimum absolute atomic E-state index is 0.0507. The van der Waals surface area contributed by atoms with Gasteiger partial charge in [0.25, 0.3) is 5.91 Å². The summed E-state index contributed by atoms with van der Waals surface area (Å²) in [4.78, 5) is 32.3. The molecule has 2 heterocycles. The summed E-state index contributed by atoms with van der Waals surface area (Å²) in [7, 11) is 1.49.